The van der Waals surface area contributed by atoms with E-state index in [-0.39, 0.29) is 12.3 Å². The molecule has 4 aromatic rings. The number of pyridine rings is 1. The van der Waals surface area contributed by atoms with Crippen molar-refractivity contribution in [2.24, 2.45) is 0 Å². The highest BCUT2D eigenvalue weighted by atomic mass is 16.2. The van der Waals surface area contributed by atoms with Crippen molar-refractivity contribution < 1.29 is 9.59 Å². The number of aromatic nitrogens is 4. The summed E-state index contributed by atoms with van der Waals surface area (Å²) in [5.41, 5.74) is 8.93. The van der Waals surface area contributed by atoms with E-state index in [4.69, 9.17) is 4.98 Å². The molecular weight excluding hydrogens is 392 g/mol. The van der Waals surface area contributed by atoms with Gasteiger partial charge in [-0.2, -0.15) is 5.10 Å². The standard InChI is InChI=1S/C23H22N6O2/c1-16-8-10-17(11-9-16)21-13-19(18-5-2-3-6-20(18)26-21)23(31)28-27-22(30)7-4-12-29-15-24-14-25-29/h2-3,5-6,8-11,13-15H,4,7,12H2,1H3,(H,27,30)(H,28,31). The van der Waals surface area contributed by atoms with Crippen molar-refractivity contribution in [3.63, 3.8) is 0 Å². The summed E-state index contributed by atoms with van der Waals surface area (Å²) in [7, 11) is 0. The first kappa shape index (κ1) is 20.2. The van der Waals surface area contributed by atoms with Crippen LogP contribution in [0.25, 0.3) is 22.2 Å². The maximum absolute atomic E-state index is 12.9. The number of aryl methyl sites for hydroxylation is 2. The Morgan fingerprint density at radius 1 is 1.03 bits per heavy atom. The van der Waals surface area contributed by atoms with Crippen molar-refractivity contribution in [1.29, 1.82) is 0 Å². The Morgan fingerprint density at radius 3 is 2.61 bits per heavy atom. The minimum atomic E-state index is -0.392. The van der Waals surface area contributed by atoms with E-state index in [1.165, 1.54) is 6.33 Å². The van der Waals surface area contributed by atoms with Gasteiger partial charge in [-0.3, -0.25) is 25.1 Å². The molecule has 2 N–H and O–H groups in total. The number of nitrogens with zero attached hydrogens (tertiary/aromatic N) is 4. The van der Waals surface area contributed by atoms with Crippen LogP contribution in [0, 0.1) is 6.92 Å². The molecule has 0 saturated heterocycles. The number of rotatable bonds is 6. The van der Waals surface area contributed by atoms with Crippen molar-refractivity contribution in [1.82, 2.24) is 30.6 Å². The van der Waals surface area contributed by atoms with E-state index in [2.05, 4.69) is 20.9 Å². The normalized spacial score (nSPS) is 10.7. The molecule has 156 valence electrons. The third kappa shape index (κ3) is 4.92. The molecule has 4 rings (SSSR count). The molecule has 2 amide bonds. The monoisotopic (exact) mass is 414 g/mol. The van der Waals surface area contributed by atoms with Crippen molar-refractivity contribution >= 4 is 22.7 Å². The van der Waals surface area contributed by atoms with E-state index < -0.39 is 5.91 Å². The van der Waals surface area contributed by atoms with Crippen LogP contribution in [0.5, 0.6) is 0 Å². The fourth-order valence-electron chi connectivity index (χ4n) is 3.24. The Bertz CT molecular complexity index is 1200. The summed E-state index contributed by atoms with van der Waals surface area (Å²) in [5, 5.41) is 4.71. The number of fused-ring (bicyclic) bond motifs is 1. The summed E-state index contributed by atoms with van der Waals surface area (Å²) in [4.78, 5) is 33.6. The smallest absolute Gasteiger partial charge is 0.270 e. The average molecular weight is 414 g/mol. The molecule has 0 aliphatic carbocycles. The van der Waals surface area contributed by atoms with E-state index in [9.17, 15) is 9.59 Å². The zero-order valence-electron chi connectivity index (χ0n) is 17.1. The van der Waals surface area contributed by atoms with Crippen LogP contribution in [0.2, 0.25) is 0 Å². The first-order chi connectivity index (χ1) is 15.1. The largest absolute Gasteiger partial charge is 0.273 e. The summed E-state index contributed by atoms with van der Waals surface area (Å²) in [5.74, 6) is -0.665. The second-order valence-corrected chi connectivity index (χ2v) is 7.20. The molecule has 2 aromatic heterocycles. The minimum Gasteiger partial charge on any atom is -0.273 e. The molecule has 2 aromatic carbocycles. The van der Waals surface area contributed by atoms with Gasteiger partial charge in [-0.15, -0.1) is 0 Å². The van der Waals surface area contributed by atoms with Gasteiger partial charge in [0, 0.05) is 23.9 Å². The number of hydrazine groups is 1. The third-order valence-corrected chi connectivity index (χ3v) is 4.88. The van der Waals surface area contributed by atoms with Gasteiger partial charge in [0.1, 0.15) is 12.7 Å². The number of carbonyl (C=O) groups is 2. The molecule has 0 radical (unpaired) electrons. The lowest BCUT2D eigenvalue weighted by Gasteiger charge is -2.11. The van der Waals surface area contributed by atoms with E-state index in [1.807, 2.05) is 55.5 Å². The van der Waals surface area contributed by atoms with Gasteiger partial charge in [0.25, 0.3) is 5.91 Å². The van der Waals surface area contributed by atoms with Crippen molar-refractivity contribution in [3.05, 3.63) is 78.4 Å². The van der Waals surface area contributed by atoms with Gasteiger partial charge in [-0.1, -0.05) is 48.0 Å². The number of benzene rings is 2. The molecule has 0 bridgehead atoms. The fourth-order valence-corrected chi connectivity index (χ4v) is 3.24. The van der Waals surface area contributed by atoms with Gasteiger partial charge in [-0.25, -0.2) is 9.97 Å². The number of para-hydroxylation sites is 1. The predicted octanol–water partition coefficient (Wildman–Crippen LogP) is 3.04. The molecule has 0 spiro atoms. The van der Waals surface area contributed by atoms with E-state index in [0.717, 1.165) is 16.5 Å². The Labute approximate surface area is 179 Å². The lowest BCUT2D eigenvalue weighted by Crippen LogP contribution is -2.41. The number of carbonyl (C=O) groups excluding carboxylic acids is 2. The molecule has 8 nitrogen and oxygen atoms in total. The van der Waals surface area contributed by atoms with Gasteiger partial charge in [0.15, 0.2) is 0 Å². The highest BCUT2D eigenvalue weighted by Gasteiger charge is 2.14. The first-order valence-electron chi connectivity index (χ1n) is 9.98. The van der Waals surface area contributed by atoms with Crippen LogP contribution in [-0.4, -0.2) is 31.6 Å². The van der Waals surface area contributed by atoms with E-state index >= 15 is 0 Å². The van der Waals surface area contributed by atoms with Crippen LogP contribution in [0.1, 0.15) is 28.8 Å². The van der Waals surface area contributed by atoms with Crippen LogP contribution >= 0.6 is 0 Å². The number of nitrogens with one attached hydrogen (secondary N) is 2. The van der Waals surface area contributed by atoms with Crippen LogP contribution in [-0.2, 0) is 11.3 Å². The molecule has 0 saturated carbocycles. The van der Waals surface area contributed by atoms with Gasteiger partial charge >= 0.3 is 0 Å². The fraction of sp³-hybridized carbons (Fsp3) is 0.174. The van der Waals surface area contributed by atoms with Crippen LogP contribution in [0.15, 0.2) is 67.3 Å². The minimum absolute atomic E-state index is 0.256. The Balaban J connectivity index is 1.47. The number of hydrogen-bond donors (Lipinski definition) is 2. The maximum Gasteiger partial charge on any atom is 0.270 e. The van der Waals surface area contributed by atoms with Crippen molar-refractivity contribution in [2.75, 3.05) is 0 Å². The summed E-state index contributed by atoms with van der Waals surface area (Å²) in [6, 6.07) is 17.2. The zero-order valence-corrected chi connectivity index (χ0v) is 17.1. The van der Waals surface area contributed by atoms with E-state index in [1.54, 1.807) is 17.1 Å². The lowest BCUT2D eigenvalue weighted by molar-refractivity contribution is -0.122. The second-order valence-electron chi connectivity index (χ2n) is 7.20. The Kier molecular flexibility index (Phi) is 5.98. The predicted molar refractivity (Wildman–Crippen MR) is 117 cm³/mol. The topological polar surface area (TPSA) is 102 Å². The van der Waals surface area contributed by atoms with E-state index in [0.29, 0.717) is 29.7 Å². The van der Waals surface area contributed by atoms with Crippen molar-refractivity contribution in [2.45, 2.75) is 26.3 Å². The SMILES string of the molecule is Cc1ccc(-c2cc(C(=O)NNC(=O)CCCn3cncn3)c3ccccc3n2)cc1. The Hall–Kier alpha value is -4.07. The van der Waals surface area contributed by atoms with Gasteiger partial charge in [-0.05, 0) is 25.5 Å². The summed E-state index contributed by atoms with van der Waals surface area (Å²) < 4.78 is 1.65. The molecular formula is C23H22N6O2. The number of hydrogen-bond acceptors (Lipinski definition) is 5. The maximum atomic E-state index is 12.9. The number of amides is 2. The third-order valence-electron chi connectivity index (χ3n) is 4.88. The molecule has 0 atom stereocenters. The summed E-state index contributed by atoms with van der Waals surface area (Å²) in [6.45, 7) is 2.60. The molecule has 0 fully saturated rings. The first-order valence-corrected chi connectivity index (χ1v) is 9.98. The highest BCUT2D eigenvalue weighted by Crippen LogP contribution is 2.25. The molecule has 0 aliphatic heterocycles. The lowest BCUT2D eigenvalue weighted by atomic mass is 10.0. The Morgan fingerprint density at radius 2 is 1.84 bits per heavy atom. The second kappa shape index (κ2) is 9.17. The van der Waals surface area contributed by atoms with Crippen molar-refractivity contribution in [3.8, 4) is 11.3 Å². The van der Waals surface area contributed by atoms with Gasteiger partial charge < -0.3 is 0 Å². The van der Waals surface area contributed by atoms with Crippen LogP contribution < -0.4 is 10.9 Å². The summed E-state index contributed by atoms with van der Waals surface area (Å²) >= 11 is 0. The van der Waals surface area contributed by atoms with Gasteiger partial charge in [0.05, 0.1) is 16.8 Å². The van der Waals surface area contributed by atoms with Gasteiger partial charge in [0.2, 0.25) is 5.91 Å². The van der Waals surface area contributed by atoms with Crippen LogP contribution in [0.3, 0.4) is 0 Å². The average Bonchev–Trinajstić information content (AvgIpc) is 3.31. The molecule has 0 aliphatic rings. The highest BCUT2D eigenvalue weighted by molar-refractivity contribution is 6.07. The van der Waals surface area contributed by atoms with Crippen LogP contribution in [0.4, 0.5) is 0 Å². The quantitative estimate of drug-likeness (QED) is 0.472. The molecule has 2 heterocycles. The summed E-state index contributed by atoms with van der Waals surface area (Å²) in [6.07, 6.45) is 3.89. The molecule has 31 heavy (non-hydrogen) atoms. The molecule has 0 unspecified atom stereocenters. The zero-order chi connectivity index (χ0) is 21.6. The molecule has 8 heteroatoms.